The Bertz CT molecular complexity index is 930. The summed E-state index contributed by atoms with van der Waals surface area (Å²) in [5.41, 5.74) is 1.92. The molecule has 1 amide bonds. The van der Waals surface area contributed by atoms with Crippen LogP contribution in [0.25, 0.3) is 0 Å². The van der Waals surface area contributed by atoms with Crippen LogP contribution in [0.5, 0.6) is 0 Å². The van der Waals surface area contributed by atoms with E-state index in [0.717, 1.165) is 48.6 Å². The third kappa shape index (κ3) is 5.66. The Morgan fingerprint density at radius 2 is 1.86 bits per heavy atom. The highest BCUT2D eigenvalue weighted by Crippen LogP contribution is 2.27. The van der Waals surface area contributed by atoms with Crippen LogP contribution in [0, 0.1) is 0 Å². The van der Waals surface area contributed by atoms with E-state index in [9.17, 15) is 13.2 Å². The Morgan fingerprint density at radius 3 is 2.55 bits per heavy atom. The Hall–Kier alpha value is -1.74. The van der Waals surface area contributed by atoms with Crippen molar-refractivity contribution < 1.29 is 13.2 Å². The summed E-state index contributed by atoms with van der Waals surface area (Å²) in [5, 5.41) is 2.93. The van der Waals surface area contributed by atoms with Gasteiger partial charge in [0.2, 0.25) is 5.91 Å². The topological polar surface area (TPSA) is 69.7 Å². The predicted molar refractivity (Wildman–Crippen MR) is 118 cm³/mol. The number of benzene rings is 1. The first kappa shape index (κ1) is 22.0. The second kappa shape index (κ2) is 9.84. The average molecular weight is 436 g/mol. The molecule has 1 aliphatic heterocycles. The number of rotatable bonds is 9. The van der Waals surface area contributed by atoms with Gasteiger partial charge in [0.15, 0.2) is 0 Å². The van der Waals surface area contributed by atoms with Crippen molar-refractivity contribution in [2.75, 3.05) is 31.5 Å². The van der Waals surface area contributed by atoms with Crippen LogP contribution in [0.4, 0.5) is 5.69 Å². The van der Waals surface area contributed by atoms with Gasteiger partial charge in [-0.2, -0.15) is 4.31 Å². The average Bonchev–Trinajstić information content (AvgIpc) is 3.39. The molecule has 6 nitrogen and oxygen atoms in total. The standard InChI is InChI=1S/C21H29N3O3S2/c1-3-23(4-2)16-17-8-7-9-18(14-17)22-20(25)15-19-10-11-21(28-19)29(26,27)24-12-5-6-13-24/h7-11,14H,3-6,12-13,15-16H2,1-2H3,(H,22,25). The molecule has 0 unspecified atom stereocenters. The van der Waals surface area contributed by atoms with Crippen LogP contribution in [0.1, 0.15) is 37.1 Å². The molecule has 0 radical (unpaired) electrons. The van der Waals surface area contributed by atoms with Gasteiger partial charge in [0.25, 0.3) is 10.0 Å². The lowest BCUT2D eigenvalue weighted by molar-refractivity contribution is -0.115. The van der Waals surface area contributed by atoms with Crippen LogP contribution in [0.15, 0.2) is 40.6 Å². The van der Waals surface area contributed by atoms with Gasteiger partial charge in [0.1, 0.15) is 4.21 Å². The van der Waals surface area contributed by atoms with Gasteiger partial charge in [-0.3, -0.25) is 9.69 Å². The predicted octanol–water partition coefficient (Wildman–Crippen LogP) is 3.56. The number of hydrogen-bond acceptors (Lipinski definition) is 5. The highest BCUT2D eigenvalue weighted by Gasteiger charge is 2.28. The van der Waals surface area contributed by atoms with Crippen molar-refractivity contribution in [2.45, 2.75) is 43.9 Å². The highest BCUT2D eigenvalue weighted by molar-refractivity contribution is 7.91. The van der Waals surface area contributed by atoms with Gasteiger partial charge >= 0.3 is 0 Å². The zero-order valence-corrected chi connectivity index (χ0v) is 18.7. The number of sulfonamides is 1. The smallest absolute Gasteiger partial charge is 0.252 e. The molecule has 2 aromatic rings. The summed E-state index contributed by atoms with van der Waals surface area (Å²) in [7, 11) is -3.42. The highest BCUT2D eigenvalue weighted by atomic mass is 32.2. The number of amides is 1. The van der Waals surface area contributed by atoms with Crippen molar-refractivity contribution in [3.05, 3.63) is 46.8 Å². The number of hydrogen-bond donors (Lipinski definition) is 1. The van der Waals surface area contributed by atoms with Crippen molar-refractivity contribution in [1.29, 1.82) is 0 Å². The number of anilines is 1. The summed E-state index contributed by atoms with van der Waals surface area (Å²) in [6, 6.07) is 11.2. The number of carbonyl (C=O) groups is 1. The van der Waals surface area contributed by atoms with Gasteiger partial charge in [-0.25, -0.2) is 8.42 Å². The molecule has 0 aliphatic carbocycles. The molecular weight excluding hydrogens is 406 g/mol. The Labute approximate surface area is 177 Å². The molecule has 0 spiro atoms. The third-order valence-corrected chi connectivity index (χ3v) is 8.59. The summed E-state index contributed by atoms with van der Waals surface area (Å²) < 4.78 is 27.1. The SMILES string of the molecule is CCN(CC)Cc1cccc(NC(=O)Cc2ccc(S(=O)(=O)N3CCCC3)s2)c1. The molecule has 3 rings (SSSR count). The zero-order chi connectivity index (χ0) is 20.9. The molecule has 8 heteroatoms. The van der Waals surface area contributed by atoms with Crippen LogP contribution >= 0.6 is 11.3 Å². The van der Waals surface area contributed by atoms with Crippen LogP contribution < -0.4 is 5.32 Å². The molecular formula is C21H29N3O3S2. The van der Waals surface area contributed by atoms with Crippen molar-refractivity contribution in [1.82, 2.24) is 9.21 Å². The molecule has 1 N–H and O–H groups in total. The molecule has 1 aliphatic rings. The molecule has 2 heterocycles. The quantitative estimate of drug-likeness (QED) is 0.654. The van der Waals surface area contributed by atoms with E-state index < -0.39 is 10.0 Å². The maximum atomic E-state index is 12.6. The molecule has 29 heavy (non-hydrogen) atoms. The monoisotopic (exact) mass is 435 g/mol. The van der Waals surface area contributed by atoms with E-state index >= 15 is 0 Å². The first-order valence-corrected chi connectivity index (χ1v) is 12.4. The lowest BCUT2D eigenvalue weighted by atomic mass is 10.2. The normalized spacial score (nSPS) is 15.1. The fraction of sp³-hybridized carbons (Fsp3) is 0.476. The van der Waals surface area contributed by atoms with Crippen molar-refractivity contribution >= 4 is 33.0 Å². The van der Waals surface area contributed by atoms with E-state index in [4.69, 9.17) is 0 Å². The Balaban J connectivity index is 1.61. The minimum Gasteiger partial charge on any atom is -0.326 e. The maximum absolute atomic E-state index is 12.6. The van der Waals surface area contributed by atoms with Crippen molar-refractivity contribution in [2.24, 2.45) is 0 Å². The minimum absolute atomic E-state index is 0.142. The first-order chi connectivity index (χ1) is 13.9. The van der Waals surface area contributed by atoms with E-state index in [-0.39, 0.29) is 12.3 Å². The largest absolute Gasteiger partial charge is 0.326 e. The molecule has 1 aromatic heterocycles. The third-order valence-electron chi connectivity index (χ3n) is 5.14. The summed E-state index contributed by atoms with van der Waals surface area (Å²) >= 11 is 1.19. The summed E-state index contributed by atoms with van der Waals surface area (Å²) in [6.45, 7) is 8.24. The molecule has 0 saturated carbocycles. The lowest BCUT2D eigenvalue weighted by Crippen LogP contribution is -2.27. The molecule has 1 fully saturated rings. The van der Waals surface area contributed by atoms with Gasteiger partial charge in [0.05, 0.1) is 6.42 Å². The number of carbonyl (C=O) groups excluding carboxylic acids is 1. The number of nitrogens with one attached hydrogen (secondary N) is 1. The minimum atomic E-state index is -3.42. The first-order valence-electron chi connectivity index (χ1n) is 10.1. The molecule has 158 valence electrons. The van der Waals surface area contributed by atoms with E-state index in [1.807, 2.05) is 18.2 Å². The maximum Gasteiger partial charge on any atom is 0.252 e. The fourth-order valence-corrected chi connectivity index (χ4v) is 6.49. The van der Waals surface area contributed by atoms with Crippen LogP contribution in [-0.2, 0) is 27.8 Å². The van der Waals surface area contributed by atoms with Gasteiger partial charge < -0.3 is 5.32 Å². The fourth-order valence-electron chi connectivity index (χ4n) is 3.46. The number of thiophene rings is 1. The summed E-state index contributed by atoms with van der Waals surface area (Å²) in [6.07, 6.45) is 1.99. The second-order valence-corrected chi connectivity index (χ2v) is 10.6. The van der Waals surface area contributed by atoms with E-state index in [1.54, 1.807) is 12.1 Å². The van der Waals surface area contributed by atoms with E-state index in [0.29, 0.717) is 17.3 Å². The van der Waals surface area contributed by atoms with Gasteiger partial charge in [0, 0.05) is 30.2 Å². The Morgan fingerprint density at radius 1 is 1.14 bits per heavy atom. The van der Waals surface area contributed by atoms with Gasteiger partial charge in [-0.05, 0) is 55.8 Å². The molecule has 0 atom stereocenters. The van der Waals surface area contributed by atoms with Crippen LogP contribution in [-0.4, -0.2) is 49.7 Å². The molecule has 1 aromatic carbocycles. The van der Waals surface area contributed by atoms with E-state index in [1.165, 1.54) is 15.6 Å². The number of nitrogens with zero attached hydrogens (tertiary/aromatic N) is 2. The Kier molecular flexibility index (Phi) is 7.45. The summed E-state index contributed by atoms with van der Waals surface area (Å²) in [5.74, 6) is -0.142. The van der Waals surface area contributed by atoms with Gasteiger partial charge in [-0.1, -0.05) is 26.0 Å². The van der Waals surface area contributed by atoms with Gasteiger partial charge in [-0.15, -0.1) is 11.3 Å². The van der Waals surface area contributed by atoms with Crippen LogP contribution in [0.2, 0.25) is 0 Å². The van der Waals surface area contributed by atoms with Crippen molar-refractivity contribution in [3.8, 4) is 0 Å². The molecule has 1 saturated heterocycles. The zero-order valence-electron chi connectivity index (χ0n) is 17.1. The lowest BCUT2D eigenvalue weighted by Gasteiger charge is -2.18. The van der Waals surface area contributed by atoms with E-state index in [2.05, 4.69) is 30.1 Å². The molecule has 0 bridgehead atoms. The van der Waals surface area contributed by atoms with Crippen molar-refractivity contribution in [3.63, 3.8) is 0 Å². The summed E-state index contributed by atoms with van der Waals surface area (Å²) in [4.78, 5) is 15.5. The second-order valence-electron chi connectivity index (χ2n) is 7.22. The van der Waals surface area contributed by atoms with Crippen LogP contribution in [0.3, 0.4) is 0 Å².